The summed E-state index contributed by atoms with van der Waals surface area (Å²) in [7, 11) is 0. The summed E-state index contributed by atoms with van der Waals surface area (Å²) in [6, 6.07) is 16.4. The minimum Gasteiger partial charge on any atom is -0.309 e. The first-order valence-corrected chi connectivity index (χ1v) is 12.0. The van der Waals surface area contributed by atoms with Gasteiger partial charge in [-0.05, 0) is 42.3 Å². The molecule has 0 radical (unpaired) electrons. The summed E-state index contributed by atoms with van der Waals surface area (Å²) in [6.45, 7) is 0. The van der Waals surface area contributed by atoms with Crippen molar-refractivity contribution in [2.75, 3.05) is 4.90 Å². The van der Waals surface area contributed by atoms with Gasteiger partial charge in [0.05, 0.1) is 27.7 Å². The molecule has 0 fully saturated rings. The monoisotopic (exact) mass is 499 g/mol. The number of para-hydroxylation sites is 2. The third kappa shape index (κ3) is 2.97. The zero-order chi connectivity index (χ0) is 26.1. The third-order valence-corrected chi connectivity index (χ3v) is 7.25. The van der Waals surface area contributed by atoms with Gasteiger partial charge in [0.1, 0.15) is 11.7 Å². The van der Waals surface area contributed by atoms with E-state index in [1.165, 1.54) is 12.1 Å². The molecule has 1 aromatic heterocycles. The van der Waals surface area contributed by atoms with E-state index in [1.54, 1.807) is 36.4 Å². The van der Waals surface area contributed by atoms with Gasteiger partial charge in [-0.1, -0.05) is 48.6 Å². The van der Waals surface area contributed by atoms with E-state index >= 15 is 0 Å². The number of H-pyrrole nitrogens is 1. The first-order chi connectivity index (χ1) is 18.4. The van der Waals surface area contributed by atoms with Crippen LogP contribution in [0.1, 0.15) is 65.2 Å². The lowest BCUT2D eigenvalue weighted by molar-refractivity contribution is 0.0882. The van der Waals surface area contributed by atoms with E-state index in [0.717, 1.165) is 16.0 Å². The van der Waals surface area contributed by atoms with Crippen molar-refractivity contribution in [3.05, 3.63) is 123 Å². The number of hydrogen-bond acceptors (Lipinski definition) is 6. The van der Waals surface area contributed by atoms with Gasteiger partial charge in [0.25, 0.3) is 17.4 Å². The van der Waals surface area contributed by atoms with E-state index in [4.69, 9.17) is 0 Å². The van der Waals surface area contributed by atoms with Crippen molar-refractivity contribution in [1.82, 2.24) is 9.97 Å². The molecule has 4 aromatic rings. The van der Waals surface area contributed by atoms with Crippen LogP contribution in [0.3, 0.4) is 0 Å². The number of anilines is 1. The third-order valence-electron chi connectivity index (χ3n) is 7.25. The highest BCUT2D eigenvalue weighted by Gasteiger charge is 2.46. The van der Waals surface area contributed by atoms with Gasteiger partial charge >= 0.3 is 0 Å². The smallest absolute Gasteiger partial charge is 0.266 e. The van der Waals surface area contributed by atoms with Crippen LogP contribution in [0.25, 0.3) is 16.5 Å². The van der Waals surface area contributed by atoms with Crippen LogP contribution >= 0.6 is 0 Å². The minimum absolute atomic E-state index is 0.0357. The van der Waals surface area contributed by atoms with E-state index < -0.39 is 34.9 Å². The molecule has 8 nitrogen and oxygen atoms in total. The number of nitrogens with zero attached hydrogens (tertiary/aromatic N) is 2. The summed E-state index contributed by atoms with van der Waals surface area (Å²) in [5, 5.41) is 0.339. The molecular formula is C30H17N3O5. The van der Waals surface area contributed by atoms with Crippen molar-refractivity contribution in [3.63, 3.8) is 0 Å². The fraction of sp³-hybridized carbons (Fsp3) is 0.0667. The molecule has 1 N–H and O–H groups in total. The lowest BCUT2D eigenvalue weighted by Crippen LogP contribution is -2.30. The van der Waals surface area contributed by atoms with Crippen LogP contribution in [-0.4, -0.2) is 33.3 Å². The Balaban J connectivity index is 1.30. The van der Waals surface area contributed by atoms with E-state index in [9.17, 15) is 24.0 Å². The number of aromatic nitrogens is 2. The number of benzene rings is 3. The number of carbonyl (C=O) groups is 4. The predicted octanol–water partition coefficient (Wildman–Crippen LogP) is 4.23. The van der Waals surface area contributed by atoms with Gasteiger partial charge in [0.15, 0.2) is 11.6 Å². The lowest BCUT2D eigenvalue weighted by atomic mass is 10.0. The largest absolute Gasteiger partial charge is 0.309 e. The maximum absolute atomic E-state index is 13.5. The Labute approximate surface area is 214 Å². The Morgan fingerprint density at radius 3 is 2.11 bits per heavy atom. The number of nitrogens with one attached hydrogen (secondary N) is 1. The number of hydrogen-bond donors (Lipinski definition) is 1. The summed E-state index contributed by atoms with van der Waals surface area (Å²) in [6.07, 6.45) is 6.53. The van der Waals surface area contributed by atoms with Crippen molar-refractivity contribution in [2.45, 2.75) is 12.3 Å². The standard InChI is InChI=1S/C30H17N3O5/c34-25-18-13-20-21(30(38)33(29(20)37)23-12-6-4-9-16(23)15-7-1-2-8-15)14-19(18)26(35)24(25)27-31-22-11-5-3-10-17(22)28(36)32-27/h1-7,9-14,24H,8H2,(H,31,32,36). The fourth-order valence-electron chi connectivity index (χ4n) is 5.42. The van der Waals surface area contributed by atoms with Crippen LogP contribution in [0.5, 0.6) is 0 Å². The molecule has 2 amide bonds. The number of aromatic amines is 1. The molecule has 182 valence electrons. The Kier molecular flexibility index (Phi) is 4.56. The molecule has 8 heteroatoms. The van der Waals surface area contributed by atoms with Crippen LogP contribution in [-0.2, 0) is 0 Å². The van der Waals surface area contributed by atoms with E-state index in [0.29, 0.717) is 23.0 Å². The Morgan fingerprint density at radius 1 is 0.763 bits per heavy atom. The van der Waals surface area contributed by atoms with E-state index in [2.05, 4.69) is 9.97 Å². The van der Waals surface area contributed by atoms with Crippen molar-refractivity contribution in [3.8, 4) is 0 Å². The average molecular weight is 499 g/mol. The number of ketones is 2. The van der Waals surface area contributed by atoms with E-state index in [-0.39, 0.29) is 28.1 Å². The summed E-state index contributed by atoms with van der Waals surface area (Å²) >= 11 is 0. The molecule has 0 saturated heterocycles. The number of fused-ring (bicyclic) bond motifs is 3. The Bertz CT molecular complexity index is 1860. The van der Waals surface area contributed by atoms with Crippen LogP contribution in [0.15, 0.2) is 83.7 Å². The summed E-state index contributed by atoms with van der Waals surface area (Å²) in [4.78, 5) is 74.5. The van der Waals surface area contributed by atoms with Crippen molar-refractivity contribution in [1.29, 1.82) is 0 Å². The highest BCUT2D eigenvalue weighted by Crippen LogP contribution is 2.40. The van der Waals surface area contributed by atoms with Gasteiger partial charge in [0.2, 0.25) is 0 Å². The topological polar surface area (TPSA) is 117 Å². The zero-order valence-corrected chi connectivity index (χ0v) is 19.7. The Hall–Kier alpha value is -5.24. The minimum atomic E-state index is -1.35. The van der Waals surface area contributed by atoms with Gasteiger partial charge < -0.3 is 4.98 Å². The quantitative estimate of drug-likeness (QED) is 0.333. The summed E-state index contributed by atoms with van der Waals surface area (Å²) in [5.41, 5.74) is 2.27. The molecule has 3 aromatic carbocycles. The molecule has 38 heavy (non-hydrogen) atoms. The summed E-state index contributed by atoms with van der Waals surface area (Å²) < 4.78 is 0. The number of rotatable bonds is 3. The second-order valence-corrected chi connectivity index (χ2v) is 9.36. The average Bonchev–Trinajstić information content (AvgIpc) is 3.61. The Morgan fingerprint density at radius 2 is 1.42 bits per heavy atom. The van der Waals surface area contributed by atoms with Crippen molar-refractivity contribution in [2.24, 2.45) is 0 Å². The van der Waals surface area contributed by atoms with Crippen LogP contribution in [0.2, 0.25) is 0 Å². The van der Waals surface area contributed by atoms with E-state index in [1.807, 2.05) is 30.4 Å². The molecule has 2 aliphatic carbocycles. The summed E-state index contributed by atoms with van der Waals surface area (Å²) in [5.74, 6) is -3.69. The van der Waals surface area contributed by atoms with Crippen LogP contribution in [0, 0.1) is 0 Å². The SMILES string of the molecule is O=C1c2cc3c(cc2C(=O)C1c1nc2ccccc2c(=O)[nH]1)C(=O)N(c1ccccc1C1=CC=CC1)C3=O. The predicted molar refractivity (Wildman–Crippen MR) is 140 cm³/mol. The number of carbonyl (C=O) groups excluding carboxylic acids is 4. The molecule has 0 saturated carbocycles. The zero-order valence-electron chi connectivity index (χ0n) is 19.7. The second-order valence-electron chi connectivity index (χ2n) is 9.36. The normalized spacial score (nSPS) is 16.5. The number of allylic oxidation sites excluding steroid dienone is 4. The molecular weight excluding hydrogens is 482 g/mol. The lowest BCUT2D eigenvalue weighted by Gasteiger charge is -2.18. The first kappa shape index (κ1) is 22.0. The van der Waals surface area contributed by atoms with Gasteiger partial charge in [-0.2, -0.15) is 0 Å². The fourth-order valence-corrected chi connectivity index (χ4v) is 5.42. The van der Waals surface area contributed by atoms with Gasteiger partial charge in [-0.15, -0.1) is 0 Å². The first-order valence-electron chi connectivity index (χ1n) is 12.0. The highest BCUT2D eigenvalue weighted by molar-refractivity contribution is 6.37. The molecule has 7 rings (SSSR count). The molecule has 0 bridgehead atoms. The number of Topliss-reactive ketones (excluding diaryl/α,β-unsaturated/α-hetero) is 2. The van der Waals surface area contributed by atoms with Crippen LogP contribution < -0.4 is 10.5 Å². The van der Waals surface area contributed by atoms with Gasteiger partial charge in [-0.25, -0.2) is 9.88 Å². The van der Waals surface area contributed by atoms with Crippen LogP contribution in [0.4, 0.5) is 5.69 Å². The molecule has 3 aliphatic rings. The molecule has 1 aliphatic heterocycles. The molecule has 0 atom stereocenters. The second kappa shape index (κ2) is 7.88. The van der Waals surface area contributed by atoms with Gasteiger partial charge in [0, 0.05) is 16.7 Å². The highest BCUT2D eigenvalue weighted by atomic mass is 16.2. The van der Waals surface area contributed by atoms with Gasteiger partial charge in [-0.3, -0.25) is 24.0 Å². The maximum atomic E-state index is 13.5. The molecule has 0 spiro atoms. The number of amides is 2. The maximum Gasteiger partial charge on any atom is 0.266 e. The number of imide groups is 1. The molecule has 0 unspecified atom stereocenters. The van der Waals surface area contributed by atoms with Crippen molar-refractivity contribution >= 4 is 45.5 Å². The molecule has 2 heterocycles. The van der Waals surface area contributed by atoms with Crippen molar-refractivity contribution < 1.29 is 19.2 Å².